The van der Waals surface area contributed by atoms with Crippen LogP contribution < -0.4 is 0 Å². The Hall–Kier alpha value is -1.90. The number of Topliss-reactive ketones (excluding diaryl/α,β-unsaturated/α-hetero) is 2. The van der Waals surface area contributed by atoms with Crippen molar-refractivity contribution in [2.24, 2.45) is 5.41 Å². The molecule has 0 bridgehead atoms. The summed E-state index contributed by atoms with van der Waals surface area (Å²) in [6, 6.07) is 9.55. The average Bonchev–Trinajstić information content (AvgIpc) is 2.38. The van der Waals surface area contributed by atoms with Gasteiger partial charge >= 0.3 is 0 Å². The minimum atomic E-state index is -0.403. The number of carbonyl (C=O) groups excluding carboxylic acids is 2. The van der Waals surface area contributed by atoms with Gasteiger partial charge in [-0.2, -0.15) is 0 Å². The molecule has 3 heteroatoms. The molecule has 0 radical (unpaired) electrons. The van der Waals surface area contributed by atoms with E-state index in [-0.39, 0.29) is 41.7 Å². The topological polar surface area (TPSA) is 54.4 Å². The van der Waals surface area contributed by atoms with Gasteiger partial charge in [0, 0.05) is 18.8 Å². The zero-order valence-electron chi connectivity index (χ0n) is 12.1. The summed E-state index contributed by atoms with van der Waals surface area (Å²) in [7, 11) is 0. The van der Waals surface area contributed by atoms with E-state index in [9.17, 15) is 14.7 Å². The Morgan fingerprint density at radius 3 is 2.45 bits per heavy atom. The van der Waals surface area contributed by atoms with E-state index in [1.54, 1.807) is 6.92 Å². The van der Waals surface area contributed by atoms with Gasteiger partial charge in [-0.1, -0.05) is 51.1 Å². The second-order valence-corrected chi connectivity index (χ2v) is 5.97. The fourth-order valence-corrected chi connectivity index (χ4v) is 2.99. The van der Waals surface area contributed by atoms with Crippen molar-refractivity contribution in [3.05, 3.63) is 47.2 Å². The number of aliphatic hydroxyl groups excluding tert-OH is 1. The lowest BCUT2D eigenvalue weighted by molar-refractivity contribution is -0.124. The number of benzene rings is 1. The lowest BCUT2D eigenvalue weighted by Crippen LogP contribution is -2.35. The predicted octanol–water partition coefficient (Wildman–Crippen LogP) is 3.56. The number of allylic oxidation sites excluding steroid dienone is 2. The third-order valence-electron chi connectivity index (χ3n) is 3.94. The first-order valence-corrected chi connectivity index (χ1v) is 6.93. The molecule has 1 aromatic carbocycles. The molecule has 20 heavy (non-hydrogen) atoms. The van der Waals surface area contributed by atoms with E-state index >= 15 is 0 Å². The fourth-order valence-electron chi connectivity index (χ4n) is 2.99. The third-order valence-corrected chi connectivity index (χ3v) is 3.94. The Labute approximate surface area is 119 Å². The van der Waals surface area contributed by atoms with Gasteiger partial charge in [0.2, 0.25) is 0 Å². The van der Waals surface area contributed by atoms with Gasteiger partial charge in [0.15, 0.2) is 11.6 Å². The molecular formula is C17H20O3. The van der Waals surface area contributed by atoms with Crippen molar-refractivity contribution in [1.29, 1.82) is 0 Å². The van der Waals surface area contributed by atoms with Gasteiger partial charge in [-0.05, 0) is 11.0 Å². The molecule has 0 saturated heterocycles. The first-order chi connectivity index (χ1) is 9.38. The summed E-state index contributed by atoms with van der Waals surface area (Å²) in [4.78, 5) is 24.1. The van der Waals surface area contributed by atoms with Crippen LogP contribution in [0.1, 0.15) is 45.1 Å². The Morgan fingerprint density at radius 2 is 1.90 bits per heavy atom. The van der Waals surface area contributed by atoms with Gasteiger partial charge < -0.3 is 5.11 Å². The highest BCUT2D eigenvalue weighted by molar-refractivity contribution is 6.21. The van der Waals surface area contributed by atoms with E-state index in [4.69, 9.17) is 0 Å². The maximum Gasteiger partial charge on any atom is 0.170 e. The fraction of sp³-hybridized carbons (Fsp3) is 0.412. The molecule has 1 atom stereocenters. The zero-order valence-corrected chi connectivity index (χ0v) is 12.1. The highest BCUT2D eigenvalue weighted by atomic mass is 16.3. The van der Waals surface area contributed by atoms with Gasteiger partial charge in [0.05, 0.1) is 5.57 Å². The lowest BCUT2D eigenvalue weighted by Gasteiger charge is -2.38. The molecule has 0 aromatic heterocycles. The molecule has 0 heterocycles. The third kappa shape index (κ3) is 2.40. The number of hydrogen-bond acceptors (Lipinski definition) is 3. The normalized spacial score (nSPS) is 21.9. The van der Waals surface area contributed by atoms with E-state index < -0.39 is 5.41 Å². The van der Waals surface area contributed by atoms with Crippen molar-refractivity contribution in [1.82, 2.24) is 0 Å². The van der Waals surface area contributed by atoms with Gasteiger partial charge in [0.1, 0.15) is 5.76 Å². The summed E-state index contributed by atoms with van der Waals surface area (Å²) in [5, 5.41) is 10.5. The largest absolute Gasteiger partial charge is 0.511 e. The average molecular weight is 272 g/mol. The molecule has 2 rings (SSSR count). The van der Waals surface area contributed by atoms with Crippen LogP contribution in [0.5, 0.6) is 0 Å². The van der Waals surface area contributed by atoms with E-state index in [1.165, 1.54) is 0 Å². The van der Waals surface area contributed by atoms with E-state index in [0.29, 0.717) is 0 Å². The molecule has 0 saturated carbocycles. The first-order valence-electron chi connectivity index (χ1n) is 6.93. The Kier molecular flexibility index (Phi) is 3.80. The molecule has 1 N–H and O–H groups in total. The van der Waals surface area contributed by atoms with Crippen molar-refractivity contribution >= 4 is 11.6 Å². The molecule has 0 amide bonds. The summed E-state index contributed by atoms with van der Waals surface area (Å²) in [5.41, 5.74) is 0.532. The van der Waals surface area contributed by atoms with Crippen LogP contribution in [-0.2, 0) is 9.59 Å². The second kappa shape index (κ2) is 5.23. The highest BCUT2D eigenvalue weighted by Crippen LogP contribution is 2.47. The van der Waals surface area contributed by atoms with Crippen molar-refractivity contribution in [2.45, 2.75) is 39.5 Å². The number of aliphatic hydroxyl groups is 1. The lowest BCUT2D eigenvalue weighted by atomic mass is 9.65. The zero-order chi connectivity index (χ0) is 14.9. The quantitative estimate of drug-likeness (QED) is 0.856. The van der Waals surface area contributed by atoms with Crippen LogP contribution in [0, 0.1) is 5.41 Å². The minimum Gasteiger partial charge on any atom is -0.511 e. The standard InChI is InChI=1S/C17H20O3/c1-4-12(18)14-13(19)10-17(2,3)15(16(14)20)11-8-6-5-7-9-11/h5-9,15,20H,4,10H2,1-3H3/t15-/m1/s1. The number of carbonyl (C=O) groups is 2. The summed E-state index contributed by atoms with van der Waals surface area (Å²) >= 11 is 0. The molecule has 1 aliphatic carbocycles. The Morgan fingerprint density at radius 1 is 1.30 bits per heavy atom. The van der Waals surface area contributed by atoms with Crippen LogP contribution in [0.15, 0.2) is 41.7 Å². The molecule has 3 nitrogen and oxygen atoms in total. The maximum absolute atomic E-state index is 12.2. The van der Waals surface area contributed by atoms with Crippen molar-refractivity contribution < 1.29 is 14.7 Å². The smallest absolute Gasteiger partial charge is 0.170 e. The van der Waals surface area contributed by atoms with Crippen molar-refractivity contribution in [2.75, 3.05) is 0 Å². The van der Waals surface area contributed by atoms with E-state index in [2.05, 4.69) is 0 Å². The SMILES string of the molecule is CCC(=O)C1=C(O)[C@@H](c2ccccc2)C(C)(C)CC1=O. The van der Waals surface area contributed by atoms with Crippen LogP contribution in [0.4, 0.5) is 0 Å². The summed E-state index contributed by atoms with van der Waals surface area (Å²) < 4.78 is 0. The number of ketones is 2. The van der Waals surface area contributed by atoms with Crippen LogP contribution in [0.25, 0.3) is 0 Å². The van der Waals surface area contributed by atoms with Gasteiger partial charge in [0.25, 0.3) is 0 Å². The van der Waals surface area contributed by atoms with E-state index in [1.807, 2.05) is 44.2 Å². The molecular weight excluding hydrogens is 252 g/mol. The number of rotatable bonds is 3. The summed E-state index contributed by atoms with van der Waals surface area (Å²) in [5.74, 6) is -0.897. The molecule has 0 fully saturated rings. The van der Waals surface area contributed by atoms with Crippen LogP contribution in [-0.4, -0.2) is 16.7 Å². The van der Waals surface area contributed by atoms with Gasteiger partial charge in [-0.25, -0.2) is 0 Å². The highest BCUT2D eigenvalue weighted by Gasteiger charge is 2.44. The van der Waals surface area contributed by atoms with Crippen LogP contribution >= 0.6 is 0 Å². The monoisotopic (exact) mass is 272 g/mol. The molecule has 0 spiro atoms. The van der Waals surface area contributed by atoms with Crippen molar-refractivity contribution in [3.8, 4) is 0 Å². The van der Waals surface area contributed by atoms with Gasteiger partial charge in [-0.15, -0.1) is 0 Å². The Balaban J connectivity index is 2.60. The molecule has 0 unspecified atom stereocenters. The minimum absolute atomic E-state index is 0.000628. The van der Waals surface area contributed by atoms with Crippen LogP contribution in [0.3, 0.4) is 0 Å². The van der Waals surface area contributed by atoms with E-state index in [0.717, 1.165) is 5.56 Å². The van der Waals surface area contributed by atoms with Crippen molar-refractivity contribution in [3.63, 3.8) is 0 Å². The Bertz CT molecular complexity index is 567. The van der Waals surface area contributed by atoms with Gasteiger partial charge in [-0.3, -0.25) is 9.59 Å². The molecule has 106 valence electrons. The van der Waals surface area contributed by atoms with Crippen LogP contribution in [0.2, 0.25) is 0 Å². The summed E-state index contributed by atoms with van der Waals surface area (Å²) in [6.45, 7) is 5.60. The molecule has 1 aromatic rings. The second-order valence-electron chi connectivity index (χ2n) is 5.97. The molecule has 1 aliphatic rings. The summed E-state index contributed by atoms with van der Waals surface area (Å²) in [6.07, 6.45) is 0.505. The first kappa shape index (κ1) is 14.5. The molecule has 0 aliphatic heterocycles. The predicted molar refractivity (Wildman–Crippen MR) is 77.5 cm³/mol. The maximum atomic E-state index is 12.2. The number of hydrogen-bond donors (Lipinski definition) is 1.